The number of aromatic nitrogens is 1. The van der Waals surface area contributed by atoms with Crippen molar-refractivity contribution in [1.82, 2.24) is 15.2 Å². The number of morpholine rings is 1. The summed E-state index contributed by atoms with van der Waals surface area (Å²) in [6.07, 6.45) is 0. The molecular weight excluding hydrogens is 454 g/mol. The molecule has 0 bridgehead atoms. The van der Waals surface area contributed by atoms with Crippen molar-refractivity contribution in [3.63, 3.8) is 0 Å². The van der Waals surface area contributed by atoms with Crippen molar-refractivity contribution < 1.29 is 9.53 Å². The molecule has 9 heteroatoms. The molecule has 188 valence electrons. The molecule has 9 nitrogen and oxygen atoms in total. The van der Waals surface area contributed by atoms with Crippen LogP contribution in [-0.4, -0.2) is 75.2 Å². The first-order chi connectivity index (χ1) is 17.5. The predicted octanol–water partition coefficient (Wildman–Crippen LogP) is 2.93. The van der Waals surface area contributed by atoms with Gasteiger partial charge in [0.05, 0.1) is 18.9 Å². The molecule has 0 spiro atoms. The summed E-state index contributed by atoms with van der Waals surface area (Å²) in [4.78, 5) is 25.8. The zero-order valence-electron chi connectivity index (χ0n) is 20.8. The molecule has 1 amide bonds. The zero-order chi connectivity index (χ0) is 25.3. The van der Waals surface area contributed by atoms with Crippen LogP contribution < -0.4 is 21.3 Å². The van der Waals surface area contributed by atoms with E-state index in [2.05, 4.69) is 31.6 Å². The first-order valence-corrected chi connectivity index (χ1v) is 12.0. The van der Waals surface area contributed by atoms with E-state index in [0.29, 0.717) is 17.9 Å². The monoisotopic (exact) mass is 487 g/mol. The number of ether oxygens (including phenoxy) is 1. The molecule has 1 saturated heterocycles. The van der Waals surface area contributed by atoms with Gasteiger partial charge in [0, 0.05) is 62.8 Å². The van der Waals surface area contributed by atoms with Crippen molar-refractivity contribution in [1.29, 1.82) is 0 Å². The lowest BCUT2D eigenvalue weighted by atomic mass is 10.1. The van der Waals surface area contributed by atoms with Gasteiger partial charge in [0.1, 0.15) is 0 Å². The Bertz CT molecular complexity index is 1190. The number of anilines is 2. The van der Waals surface area contributed by atoms with E-state index in [-0.39, 0.29) is 11.9 Å². The van der Waals surface area contributed by atoms with Gasteiger partial charge >= 0.3 is 0 Å². The van der Waals surface area contributed by atoms with Crippen LogP contribution in [0, 0.1) is 0 Å². The molecule has 1 aliphatic rings. The quantitative estimate of drug-likeness (QED) is 0.331. The maximum Gasteiger partial charge on any atom is 0.251 e. The third-order valence-electron chi connectivity index (χ3n) is 5.86. The highest BCUT2D eigenvalue weighted by Crippen LogP contribution is 2.24. The molecule has 0 aliphatic carbocycles. The van der Waals surface area contributed by atoms with Crippen LogP contribution in [0.15, 0.2) is 71.7 Å². The summed E-state index contributed by atoms with van der Waals surface area (Å²) < 4.78 is 5.35. The van der Waals surface area contributed by atoms with Gasteiger partial charge in [-0.25, -0.2) is 4.98 Å². The molecule has 4 rings (SSSR count). The zero-order valence-corrected chi connectivity index (χ0v) is 20.8. The third-order valence-corrected chi connectivity index (χ3v) is 5.86. The van der Waals surface area contributed by atoms with E-state index >= 15 is 0 Å². The van der Waals surface area contributed by atoms with Gasteiger partial charge in [-0.2, -0.15) is 4.99 Å². The molecule has 0 radical (unpaired) electrons. The van der Waals surface area contributed by atoms with Gasteiger partial charge in [-0.1, -0.05) is 18.2 Å². The van der Waals surface area contributed by atoms with E-state index in [4.69, 9.17) is 10.5 Å². The van der Waals surface area contributed by atoms with Gasteiger partial charge in [-0.3, -0.25) is 9.69 Å². The maximum absolute atomic E-state index is 12.4. The van der Waals surface area contributed by atoms with Gasteiger partial charge in [-0.05, 0) is 48.5 Å². The lowest BCUT2D eigenvalue weighted by Gasteiger charge is -2.26. The summed E-state index contributed by atoms with van der Waals surface area (Å²) in [5, 5.41) is 6.02. The number of aliphatic imine (C=N–C) groups is 1. The molecule has 36 heavy (non-hydrogen) atoms. The molecule has 3 aromatic rings. The summed E-state index contributed by atoms with van der Waals surface area (Å²) in [6.45, 7) is 4.73. The number of pyridine rings is 1. The van der Waals surface area contributed by atoms with Gasteiger partial charge in [0.15, 0.2) is 11.8 Å². The van der Waals surface area contributed by atoms with Crippen molar-refractivity contribution in [3.8, 4) is 11.3 Å². The Balaban J connectivity index is 1.33. The van der Waals surface area contributed by atoms with Crippen LogP contribution in [-0.2, 0) is 4.74 Å². The SMILES string of the molecule is CN(C)c1cccc(-c2cccc(/N=C(\N)Nc3ccc(C(=O)NCCN4CCOCC4)cc3)n2)c1. The van der Waals surface area contributed by atoms with Gasteiger partial charge in [0.25, 0.3) is 5.91 Å². The lowest BCUT2D eigenvalue weighted by molar-refractivity contribution is 0.0383. The minimum Gasteiger partial charge on any atom is -0.379 e. The van der Waals surface area contributed by atoms with E-state index < -0.39 is 0 Å². The average Bonchev–Trinajstić information content (AvgIpc) is 2.90. The standard InChI is InChI=1S/C27H33N7O2/c1-33(2)23-6-3-5-21(19-23)24-7-4-8-25(31-24)32-27(28)30-22-11-9-20(10-12-22)26(35)29-13-14-34-15-17-36-18-16-34/h3-12,19H,13-18H2,1-2H3,(H,29,35)(H3,28,30,31,32). The highest BCUT2D eigenvalue weighted by atomic mass is 16.5. The summed E-state index contributed by atoms with van der Waals surface area (Å²) in [5.41, 5.74) is 10.4. The topological polar surface area (TPSA) is 108 Å². The Labute approximate surface area is 212 Å². The summed E-state index contributed by atoms with van der Waals surface area (Å²) in [5.74, 6) is 0.615. The molecule has 2 aromatic carbocycles. The van der Waals surface area contributed by atoms with Crippen molar-refractivity contribution >= 4 is 29.1 Å². The van der Waals surface area contributed by atoms with E-state index in [1.165, 1.54) is 0 Å². The highest BCUT2D eigenvalue weighted by molar-refractivity contribution is 5.96. The summed E-state index contributed by atoms with van der Waals surface area (Å²) in [7, 11) is 4.01. The van der Waals surface area contributed by atoms with Crippen LogP contribution in [0.2, 0.25) is 0 Å². The van der Waals surface area contributed by atoms with Crippen molar-refractivity contribution in [2.24, 2.45) is 10.7 Å². The van der Waals surface area contributed by atoms with E-state index in [1.54, 1.807) is 30.3 Å². The molecular formula is C27H33N7O2. The predicted molar refractivity (Wildman–Crippen MR) is 145 cm³/mol. The van der Waals surface area contributed by atoms with Crippen LogP contribution in [0.25, 0.3) is 11.3 Å². The minimum atomic E-state index is -0.101. The second-order valence-corrected chi connectivity index (χ2v) is 8.74. The molecule has 4 N–H and O–H groups in total. The fourth-order valence-corrected chi connectivity index (χ4v) is 3.85. The Hall–Kier alpha value is -3.95. The van der Waals surface area contributed by atoms with E-state index in [0.717, 1.165) is 55.5 Å². The summed E-state index contributed by atoms with van der Waals surface area (Å²) >= 11 is 0. The van der Waals surface area contributed by atoms with Crippen LogP contribution >= 0.6 is 0 Å². The molecule has 0 atom stereocenters. The van der Waals surface area contributed by atoms with Crippen molar-refractivity contribution in [3.05, 3.63) is 72.3 Å². The number of nitrogens with zero attached hydrogens (tertiary/aromatic N) is 4. The number of hydrogen-bond acceptors (Lipinski definition) is 6. The molecule has 0 saturated carbocycles. The van der Waals surface area contributed by atoms with Crippen LogP contribution in [0.4, 0.5) is 17.2 Å². The van der Waals surface area contributed by atoms with Crippen molar-refractivity contribution in [2.45, 2.75) is 0 Å². The highest BCUT2D eigenvalue weighted by Gasteiger charge is 2.11. The summed E-state index contributed by atoms with van der Waals surface area (Å²) in [6, 6.07) is 20.9. The maximum atomic E-state index is 12.4. The number of rotatable bonds is 8. The Morgan fingerprint density at radius 2 is 1.83 bits per heavy atom. The number of amides is 1. The van der Waals surface area contributed by atoms with E-state index in [9.17, 15) is 4.79 Å². The minimum absolute atomic E-state index is 0.101. The molecule has 2 heterocycles. The Kier molecular flexibility index (Phi) is 8.48. The first kappa shape index (κ1) is 25.2. The Morgan fingerprint density at radius 1 is 1.08 bits per heavy atom. The molecule has 1 aromatic heterocycles. The van der Waals surface area contributed by atoms with Crippen LogP contribution in [0.5, 0.6) is 0 Å². The number of nitrogens with two attached hydrogens (primary N) is 1. The molecule has 1 aliphatic heterocycles. The number of hydrogen-bond donors (Lipinski definition) is 3. The number of carbonyl (C=O) groups is 1. The molecule has 1 fully saturated rings. The largest absolute Gasteiger partial charge is 0.379 e. The number of carbonyl (C=O) groups excluding carboxylic acids is 1. The fraction of sp³-hybridized carbons (Fsp3) is 0.296. The first-order valence-electron chi connectivity index (χ1n) is 12.0. The van der Waals surface area contributed by atoms with Crippen LogP contribution in [0.1, 0.15) is 10.4 Å². The normalized spacial score (nSPS) is 14.3. The Morgan fingerprint density at radius 3 is 2.58 bits per heavy atom. The van der Waals surface area contributed by atoms with Gasteiger partial charge < -0.3 is 26.0 Å². The van der Waals surface area contributed by atoms with Crippen LogP contribution in [0.3, 0.4) is 0 Å². The molecule has 0 unspecified atom stereocenters. The fourth-order valence-electron chi connectivity index (χ4n) is 3.85. The third kappa shape index (κ3) is 7.03. The second kappa shape index (κ2) is 12.1. The number of guanidine groups is 1. The number of nitrogens with one attached hydrogen (secondary N) is 2. The number of benzene rings is 2. The van der Waals surface area contributed by atoms with Crippen molar-refractivity contribution in [2.75, 3.05) is 63.7 Å². The second-order valence-electron chi connectivity index (χ2n) is 8.74. The smallest absolute Gasteiger partial charge is 0.251 e. The van der Waals surface area contributed by atoms with Gasteiger partial charge in [-0.15, -0.1) is 0 Å². The van der Waals surface area contributed by atoms with E-state index in [1.807, 2.05) is 49.3 Å². The van der Waals surface area contributed by atoms with Gasteiger partial charge in [0.2, 0.25) is 0 Å². The average molecular weight is 488 g/mol. The lowest BCUT2D eigenvalue weighted by Crippen LogP contribution is -2.41.